The molecule has 6 N–H and O–H groups in total. The van der Waals surface area contributed by atoms with Crippen molar-refractivity contribution in [2.45, 2.75) is 38.6 Å². The lowest BCUT2D eigenvalue weighted by atomic mass is 10.0. The first kappa shape index (κ1) is 24.3. The minimum Gasteiger partial charge on any atom is -0.508 e. The van der Waals surface area contributed by atoms with E-state index >= 15 is 0 Å². The summed E-state index contributed by atoms with van der Waals surface area (Å²) in [5.41, 5.74) is 3.88. The highest BCUT2D eigenvalue weighted by molar-refractivity contribution is 5.89. The molecule has 2 atom stereocenters. The number of urea groups is 1. The van der Waals surface area contributed by atoms with Crippen LogP contribution in [-0.4, -0.2) is 33.9 Å². The van der Waals surface area contributed by atoms with E-state index in [1.165, 1.54) is 6.07 Å². The fourth-order valence-corrected chi connectivity index (χ4v) is 3.47. The highest BCUT2D eigenvalue weighted by Crippen LogP contribution is 2.22. The van der Waals surface area contributed by atoms with Gasteiger partial charge in [0.2, 0.25) is 0 Å². The molecule has 0 saturated carbocycles. The molecule has 0 fully saturated rings. The molecular formula is C26H31N3O4. The van der Waals surface area contributed by atoms with Crippen LogP contribution in [0.15, 0.2) is 72.8 Å². The van der Waals surface area contributed by atoms with Crippen LogP contribution in [0.2, 0.25) is 0 Å². The van der Waals surface area contributed by atoms with Crippen LogP contribution in [0.5, 0.6) is 5.75 Å². The Balaban J connectivity index is 1.42. The van der Waals surface area contributed by atoms with E-state index in [4.69, 9.17) is 0 Å². The standard InChI is InChI=1S/C26H31N3O4/c1-18(27-16-25(32)21-9-12-24(31)22(14-21)17-30)13-19-7-10-23(11-8-19)29-26(33)28-15-20-5-3-2-4-6-20/h2-12,14,18,25,27,30-32H,13,15-17H2,1H3,(H2,28,29,33). The summed E-state index contributed by atoms with van der Waals surface area (Å²) in [5.74, 6) is 0.0152. The topological polar surface area (TPSA) is 114 Å². The molecule has 0 spiro atoms. The van der Waals surface area contributed by atoms with E-state index in [-0.39, 0.29) is 24.4 Å². The fraction of sp³-hybridized carbons (Fsp3) is 0.269. The van der Waals surface area contributed by atoms with Crippen LogP contribution in [0.3, 0.4) is 0 Å². The lowest BCUT2D eigenvalue weighted by molar-refractivity contribution is 0.170. The summed E-state index contributed by atoms with van der Waals surface area (Å²) < 4.78 is 0. The molecule has 7 nitrogen and oxygen atoms in total. The molecule has 0 aliphatic heterocycles. The van der Waals surface area contributed by atoms with E-state index in [1.807, 2.05) is 61.5 Å². The maximum absolute atomic E-state index is 12.1. The second-order valence-corrected chi connectivity index (χ2v) is 8.07. The van der Waals surface area contributed by atoms with Gasteiger partial charge in [-0.05, 0) is 54.3 Å². The van der Waals surface area contributed by atoms with Crippen molar-refractivity contribution in [3.8, 4) is 5.75 Å². The zero-order chi connectivity index (χ0) is 23.6. The number of carbonyl (C=O) groups excluding carboxylic acids is 1. The van der Waals surface area contributed by atoms with E-state index in [0.29, 0.717) is 29.9 Å². The molecule has 0 aromatic heterocycles. The number of aromatic hydroxyl groups is 1. The average molecular weight is 450 g/mol. The summed E-state index contributed by atoms with van der Waals surface area (Å²) in [5, 5.41) is 38.3. The minimum atomic E-state index is -0.751. The van der Waals surface area contributed by atoms with Gasteiger partial charge in [0.05, 0.1) is 12.7 Å². The van der Waals surface area contributed by atoms with Gasteiger partial charge in [-0.25, -0.2) is 4.79 Å². The van der Waals surface area contributed by atoms with E-state index in [9.17, 15) is 20.1 Å². The number of amides is 2. The Morgan fingerprint density at radius 3 is 2.39 bits per heavy atom. The molecule has 0 heterocycles. The molecule has 3 rings (SSSR count). The van der Waals surface area contributed by atoms with Gasteiger partial charge >= 0.3 is 6.03 Å². The van der Waals surface area contributed by atoms with Crippen molar-refractivity contribution < 1.29 is 20.1 Å². The van der Waals surface area contributed by atoms with E-state index in [2.05, 4.69) is 16.0 Å². The first-order valence-corrected chi connectivity index (χ1v) is 11.0. The number of aliphatic hydroxyl groups is 2. The molecule has 0 aliphatic rings. The van der Waals surface area contributed by atoms with Crippen molar-refractivity contribution in [1.82, 2.24) is 10.6 Å². The third-order valence-corrected chi connectivity index (χ3v) is 5.37. The molecule has 174 valence electrons. The molecule has 2 unspecified atom stereocenters. The molecule has 0 aliphatic carbocycles. The van der Waals surface area contributed by atoms with Crippen molar-refractivity contribution in [3.05, 3.63) is 95.1 Å². The van der Waals surface area contributed by atoms with Crippen LogP contribution in [0.4, 0.5) is 10.5 Å². The van der Waals surface area contributed by atoms with Crippen LogP contribution in [0, 0.1) is 0 Å². The largest absolute Gasteiger partial charge is 0.508 e. The van der Waals surface area contributed by atoms with Gasteiger partial charge in [0.1, 0.15) is 5.75 Å². The predicted octanol–water partition coefficient (Wildman–Crippen LogP) is 3.46. The summed E-state index contributed by atoms with van der Waals surface area (Å²) in [6.45, 7) is 2.56. The molecule has 0 saturated heterocycles. The van der Waals surface area contributed by atoms with Crippen LogP contribution < -0.4 is 16.0 Å². The maximum atomic E-state index is 12.1. The Hall–Kier alpha value is -3.39. The molecule has 33 heavy (non-hydrogen) atoms. The number of rotatable bonds is 10. The molecule has 2 amide bonds. The molecule has 0 radical (unpaired) electrons. The van der Waals surface area contributed by atoms with Gasteiger partial charge in [-0.2, -0.15) is 0 Å². The summed E-state index contributed by atoms with van der Waals surface area (Å²) >= 11 is 0. The summed E-state index contributed by atoms with van der Waals surface area (Å²) in [6.07, 6.45) is 0.00401. The van der Waals surface area contributed by atoms with Gasteiger partial charge in [0, 0.05) is 30.4 Å². The number of anilines is 1. The van der Waals surface area contributed by atoms with Crippen molar-refractivity contribution in [1.29, 1.82) is 0 Å². The highest BCUT2D eigenvalue weighted by atomic mass is 16.3. The first-order valence-electron chi connectivity index (χ1n) is 11.0. The van der Waals surface area contributed by atoms with Crippen LogP contribution in [0.25, 0.3) is 0 Å². The quantitative estimate of drug-likeness (QED) is 0.284. The van der Waals surface area contributed by atoms with E-state index in [1.54, 1.807) is 12.1 Å². The summed E-state index contributed by atoms with van der Waals surface area (Å²) in [6, 6.07) is 22.0. The SMILES string of the molecule is CC(Cc1ccc(NC(=O)NCc2ccccc2)cc1)NCC(O)c1ccc(O)c(CO)c1. The normalized spacial score (nSPS) is 12.7. The lowest BCUT2D eigenvalue weighted by Gasteiger charge is -2.18. The second kappa shape index (κ2) is 12.0. The number of benzene rings is 3. The maximum Gasteiger partial charge on any atom is 0.319 e. The van der Waals surface area contributed by atoms with Crippen LogP contribution >= 0.6 is 0 Å². The van der Waals surface area contributed by atoms with Crippen LogP contribution in [-0.2, 0) is 19.6 Å². The Bertz CT molecular complexity index is 1030. The fourth-order valence-electron chi connectivity index (χ4n) is 3.47. The Kier molecular flexibility index (Phi) is 8.83. The Morgan fingerprint density at radius 2 is 1.70 bits per heavy atom. The van der Waals surface area contributed by atoms with Gasteiger partial charge in [-0.1, -0.05) is 48.5 Å². The average Bonchev–Trinajstić information content (AvgIpc) is 2.83. The van der Waals surface area contributed by atoms with Gasteiger partial charge in [-0.15, -0.1) is 0 Å². The third-order valence-electron chi connectivity index (χ3n) is 5.37. The van der Waals surface area contributed by atoms with Crippen molar-refractivity contribution in [2.75, 3.05) is 11.9 Å². The Labute approximate surface area is 194 Å². The van der Waals surface area contributed by atoms with Gasteiger partial charge < -0.3 is 31.3 Å². The third kappa shape index (κ3) is 7.61. The minimum absolute atomic E-state index is 0.0152. The monoisotopic (exact) mass is 449 g/mol. The summed E-state index contributed by atoms with van der Waals surface area (Å²) in [4.78, 5) is 12.1. The molecular weight excluding hydrogens is 418 g/mol. The van der Waals surface area contributed by atoms with Gasteiger partial charge in [0.15, 0.2) is 0 Å². The smallest absolute Gasteiger partial charge is 0.319 e. The van der Waals surface area contributed by atoms with Crippen molar-refractivity contribution >= 4 is 11.7 Å². The highest BCUT2D eigenvalue weighted by Gasteiger charge is 2.12. The number of carbonyl (C=O) groups is 1. The molecule has 7 heteroatoms. The first-order chi connectivity index (χ1) is 15.9. The number of hydrogen-bond donors (Lipinski definition) is 6. The second-order valence-electron chi connectivity index (χ2n) is 8.07. The molecule has 3 aromatic carbocycles. The molecule has 0 bridgehead atoms. The summed E-state index contributed by atoms with van der Waals surface area (Å²) in [7, 11) is 0. The Morgan fingerprint density at radius 1 is 0.970 bits per heavy atom. The number of phenols is 1. The zero-order valence-corrected chi connectivity index (χ0v) is 18.7. The predicted molar refractivity (Wildman–Crippen MR) is 129 cm³/mol. The number of nitrogens with one attached hydrogen (secondary N) is 3. The molecule has 3 aromatic rings. The lowest BCUT2D eigenvalue weighted by Crippen LogP contribution is -2.32. The van der Waals surface area contributed by atoms with Crippen molar-refractivity contribution in [3.63, 3.8) is 0 Å². The van der Waals surface area contributed by atoms with Crippen LogP contribution in [0.1, 0.15) is 35.3 Å². The van der Waals surface area contributed by atoms with E-state index < -0.39 is 6.10 Å². The van der Waals surface area contributed by atoms with Gasteiger partial charge in [0.25, 0.3) is 0 Å². The number of hydrogen-bond acceptors (Lipinski definition) is 5. The van der Waals surface area contributed by atoms with Crippen molar-refractivity contribution in [2.24, 2.45) is 0 Å². The van der Waals surface area contributed by atoms with Gasteiger partial charge in [-0.3, -0.25) is 0 Å². The number of aliphatic hydroxyl groups excluding tert-OH is 2. The van der Waals surface area contributed by atoms with E-state index in [0.717, 1.165) is 17.5 Å². The zero-order valence-electron chi connectivity index (χ0n) is 18.7.